The van der Waals surface area contributed by atoms with E-state index in [0.29, 0.717) is 48.3 Å². The van der Waals surface area contributed by atoms with Gasteiger partial charge in [0.2, 0.25) is 0 Å². The van der Waals surface area contributed by atoms with Crippen molar-refractivity contribution in [3.8, 4) is 0 Å². The highest BCUT2D eigenvalue weighted by Gasteiger charge is 2.40. The Morgan fingerprint density at radius 1 is 0.860 bits per heavy atom. The number of carbonyl (C=O) groups excluding carboxylic acids is 3. The molecule has 4 aliphatic rings. The molecule has 10 nitrogen and oxygen atoms in total. The van der Waals surface area contributed by atoms with Gasteiger partial charge in [0.1, 0.15) is 0 Å². The van der Waals surface area contributed by atoms with Crippen LogP contribution in [0.3, 0.4) is 0 Å². The molecule has 0 saturated heterocycles. The summed E-state index contributed by atoms with van der Waals surface area (Å²) in [5, 5.41) is 0. The van der Waals surface area contributed by atoms with E-state index in [0.717, 1.165) is 80.2 Å². The summed E-state index contributed by atoms with van der Waals surface area (Å²) in [6.07, 6.45) is 2.61. The highest BCUT2D eigenvalue weighted by atomic mass is 16.5. The summed E-state index contributed by atoms with van der Waals surface area (Å²) >= 11 is 0. The molecule has 3 atom stereocenters. The Morgan fingerprint density at radius 3 is 2.23 bits per heavy atom. The van der Waals surface area contributed by atoms with Gasteiger partial charge in [0.15, 0.2) is 0 Å². The summed E-state index contributed by atoms with van der Waals surface area (Å²) in [6, 6.07) is 12.6. The molecule has 2 aromatic heterocycles. The molecule has 2 amide bonds. The number of ether oxygens (including phenoxy) is 2. The topological polar surface area (TPSA) is 130 Å². The molecule has 298 valence electrons. The largest absolute Gasteiger partial charge is 0.469 e. The Balaban J connectivity index is 1.52. The monoisotopic (exact) mass is 769 g/mol. The fraction of sp³-hybridized carbons (Fsp3) is 0.426. The van der Waals surface area contributed by atoms with Crippen LogP contribution in [-0.4, -0.2) is 62.4 Å². The zero-order valence-corrected chi connectivity index (χ0v) is 35.0. The summed E-state index contributed by atoms with van der Waals surface area (Å²) in [6.45, 7) is 19.5. The van der Waals surface area contributed by atoms with E-state index in [9.17, 15) is 14.4 Å². The highest BCUT2D eigenvalue weighted by molar-refractivity contribution is 6.23. The van der Waals surface area contributed by atoms with Crippen LogP contribution in [0.1, 0.15) is 163 Å². The number of aryl methyl sites for hydroxylation is 3. The number of fused-ring (bicyclic) bond motifs is 8. The van der Waals surface area contributed by atoms with E-state index >= 15 is 0 Å². The number of nitrogens with one attached hydrogen (secondary N) is 2. The van der Waals surface area contributed by atoms with Gasteiger partial charge in [-0.1, -0.05) is 56.5 Å². The van der Waals surface area contributed by atoms with Gasteiger partial charge in [-0.2, -0.15) is 0 Å². The molecule has 3 aromatic rings. The fourth-order valence-corrected chi connectivity index (χ4v) is 9.04. The number of unbranched alkanes of at least 4 members (excludes halogenated alkanes) is 1. The average molecular weight is 770 g/mol. The van der Waals surface area contributed by atoms with Crippen LogP contribution < -0.4 is 0 Å². The van der Waals surface area contributed by atoms with E-state index < -0.39 is 0 Å². The van der Waals surface area contributed by atoms with Crippen molar-refractivity contribution in [2.75, 3.05) is 13.7 Å². The van der Waals surface area contributed by atoms with Crippen LogP contribution in [-0.2, 0) is 20.9 Å². The maximum absolute atomic E-state index is 14.7. The Bertz CT molecular complexity index is 2430. The molecule has 7 rings (SSSR count). The van der Waals surface area contributed by atoms with Crippen molar-refractivity contribution in [1.29, 1.82) is 0 Å². The normalized spacial score (nSPS) is 17.8. The predicted molar refractivity (Wildman–Crippen MR) is 225 cm³/mol. The van der Waals surface area contributed by atoms with E-state index in [1.807, 2.05) is 19.9 Å². The molecule has 0 spiro atoms. The number of benzene rings is 1. The maximum atomic E-state index is 14.7. The van der Waals surface area contributed by atoms with Crippen LogP contribution in [0.25, 0.3) is 33.3 Å². The molecule has 0 saturated carbocycles. The SMILES string of the molecule is CCCCN1C(=O)c2c3[nH]c(cc4nc(cc5nc(cc6[nH]c2c(c6C)C1=O)C(CC)=C5C)C(C(C)OCc1cc(C)cc(C)c1)=C4C)[C@@H](C)[C@@H]3CCC(=O)OC. The van der Waals surface area contributed by atoms with Gasteiger partial charge in [0, 0.05) is 47.3 Å². The average Bonchev–Trinajstić information content (AvgIpc) is 3.85. The lowest BCUT2D eigenvalue weighted by Crippen LogP contribution is -2.41. The molecule has 0 aliphatic carbocycles. The van der Waals surface area contributed by atoms with Gasteiger partial charge in [0.05, 0.1) is 59.2 Å². The summed E-state index contributed by atoms with van der Waals surface area (Å²) in [5.74, 6) is -1.32. The number of H-pyrrole nitrogens is 2. The third-order valence-corrected chi connectivity index (χ3v) is 12.2. The molecule has 0 fully saturated rings. The van der Waals surface area contributed by atoms with Gasteiger partial charge in [-0.15, -0.1) is 0 Å². The number of esters is 1. The summed E-state index contributed by atoms with van der Waals surface area (Å²) in [4.78, 5) is 60.6. The number of hydrogen-bond acceptors (Lipinski definition) is 7. The summed E-state index contributed by atoms with van der Waals surface area (Å²) in [7, 11) is 1.39. The first-order valence-corrected chi connectivity index (χ1v) is 20.4. The third kappa shape index (κ3) is 7.24. The Morgan fingerprint density at radius 2 is 1.54 bits per heavy atom. The number of aromatic amines is 2. The Kier molecular flexibility index (Phi) is 11.1. The molecule has 4 aliphatic heterocycles. The number of methoxy groups -OCH3 is 1. The van der Waals surface area contributed by atoms with Crippen LogP contribution in [0.2, 0.25) is 0 Å². The number of imide groups is 1. The van der Waals surface area contributed by atoms with E-state index in [-0.39, 0.29) is 42.1 Å². The van der Waals surface area contributed by atoms with E-state index in [2.05, 4.69) is 88.8 Å². The number of carbonyl (C=O) groups is 3. The van der Waals surface area contributed by atoms with Crippen LogP contribution in [0, 0.1) is 20.8 Å². The number of aromatic nitrogens is 4. The zero-order chi connectivity index (χ0) is 40.9. The maximum Gasteiger partial charge on any atom is 0.305 e. The molecule has 0 radical (unpaired) electrons. The molecule has 8 bridgehead atoms. The van der Waals surface area contributed by atoms with Crippen LogP contribution in [0.15, 0.2) is 36.4 Å². The van der Waals surface area contributed by atoms with Crippen molar-refractivity contribution in [3.63, 3.8) is 0 Å². The van der Waals surface area contributed by atoms with E-state index in [4.69, 9.17) is 19.4 Å². The molecular weight excluding hydrogens is 715 g/mol. The van der Waals surface area contributed by atoms with Gasteiger partial charge in [-0.25, -0.2) is 9.97 Å². The molecule has 1 unspecified atom stereocenters. The first kappa shape index (κ1) is 39.9. The molecule has 10 heteroatoms. The lowest BCUT2D eigenvalue weighted by atomic mass is 9.84. The van der Waals surface area contributed by atoms with Crippen molar-refractivity contribution in [1.82, 2.24) is 24.8 Å². The number of rotatable bonds is 11. The minimum atomic E-state index is -0.343. The third-order valence-electron chi connectivity index (χ3n) is 12.2. The number of hydrogen-bond donors (Lipinski definition) is 2. The first-order valence-electron chi connectivity index (χ1n) is 20.4. The van der Waals surface area contributed by atoms with Gasteiger partial charge < -0.3 is 19.4 Å². The molecule has 2 N–H and O–H groups in total. The minimum Gasteiger partial charge on any atom is -0.469 e. The predicted octanol–water partition coefficient (Wildman–Crippen LogP) is 10.1. The van der Waals surface area contributed by atoms with Crippen molar-refractivity contribution < 1.29 is 23.9 Å². The second-order valence-corrected chi connectivity index (χ2v) is 16.1. The van der Waals surface area contributed by atoms with Crippen molar-refractivity contribution in [2.24, 2.45) is 0 Å². The molecule has 6 heterocycles. The van der Waals surface area contributed by atoms with Crippen molar-refractivity contribution in [2.45, 2.75) is 119 Å². The van der Waals surface area contributed by atoms with Gasteiger partial charge >= 0.3 is 5.97 Å². The van der Waals surface area contributed by atoms with Gasteiger partial charge in [0.25, 0.3) is 11.8 Å². The summed E-state index contributed by atoms with van der Waals surface area (Å²) < 4.78 is 11.7. The van der Waals surface area contributed by atoms with E-state index in [1.165, 1.54) is 23.1 Å². The van der Waals surface area contributed by atoms with Crippen molar-refractivity contribution >= 4 is 51.1 Å². The molecule has 1 aromatic carbocycles. The number of nitrogens with zero attached hydrogens (tertiary/aromatic N) is 3. The first-order chi connectivity index (χ1) is 27.3. The van der Waals surface area contributed by atoms with Gasteiger partial charge in [-0.3, -0.25) is 19.3 Å². The van der Waals surface area contributed by atoms with Crippen LogP contribution in [0.4, 0.5) is 0 Å². The second-order valence-electron chi connectivity index (χ2n) is 16.1. The highest BCUT2D eigenvalue weighted by Crippen LogP contribution is 2.45. The Hall–Kier alpha value is -5.35. The van der Waals surface area contributed by atoms with Gasteiger partial charge in [-0.05, 0) is 107 Å². The fourth-order valence-electron chi connectivity index (χ4n) is 9.04. The second kappa shape index (κ2) is 15.9. The lowest BCUT2D eigenvalue weighted by Gasteiger charge is -2.27. The van der Waals surface area contributed by atoms with Crippen molar-refractivity contribution in [3.05, 3.63) is 104 Å². The Labute approximate surface area is 335 Å². The summed E-state index contributed by atoms with van der Waals surface area (Å²) in [5.41, 5.74) is 15.4. The molecular formula is C47H55N5O5. The lowest BCUT2D eigenvalue weighted by molar-refractivity contribution is -0.140. The standard InChI is InChI=1S/C47H55N5O5/c1-11-13-16-52-46(54)42-29(8)37-21-38-32(12-2)26(5)34(48-38)22-39-41(30(9)57-23-31-18-24(3)17-25(4)19-31)28(7)36(49-39)20-35-27(6)33(14-15-40(53)56-10)44(50-35)43(47(52)55)45(42)51-37/h17-22,27,30,33,50-51H,11-16,23H2,1-10H3/t27-,30?,33-/m0/s1. The van der Waals surface area contributed by atoms with Crippen LogP contribution >= 0.6 is 0 Å². The number of amides is 2. The smallest absolute Gasteiger partial charge is 0.305 e. The van der Waals surface area contributed by atoms with Crippen LogP contribution in [0.5, 0.6) is 0 Å². The zero-order valence-electron chi connectivity index (χ0n) is 35.0. The minimum absolute atomic E-state index is 0.119. The van der Waals surface area contributed by atoms with E-state index in [1.54, 1.807) is 0 Å². The quantitative estimate of drug-likeness (QED) is 0.147. The molecule has 57 heavy (non-hydrogen) atoms. The number of allylic oxidation sites excluding steroid dienone is 3.